The number of benzene rings is 1. The first-order valence-corrected chi connectivity index (χ1v) is 48.0. The number of nitrogens with zero attached hydrogens (tertiary/aromatic N) is 4. The van der Waals surface area contributed by atoms with Gasteiger partial charge in [-0.25, -0.2) is 29.0 Å². The van der Waals surface area contributed by atoms with Crippen molar-refractivity contribution in [2.75, 3.05) is 144 Å². The second kappa shape index (κ2) is 75.5. The van der Waals surface area contributed by atoms with E-state index in [2.05, 4.69) is 42.1 Å². The lowest BCUT2D eigenvalue weighted by Crippen LogP contribution is -2.48. The van der Waals surface area contributed by atoms with Crippen molar-refractivity contribution >= 4 is 108 Å². The highest BCUT2D eigenvalue weighted by Crippen LogP contribution is 2.43. The second-order valence-corrected chi connectivity index (χ2v) is 32.4. The van der Waals surface area contributed by atoms with Gasteiger partial charge in [-0.05, 0) is 162 Å². The van der Waals surface area contributed by atoms with Crippen LogP contribution in [0, 0.1) is 5.41 Å². The van der Waals surface area contributed by atoms with Crippen LogP contribution in [0.3, 0.4) is 0 Å². The van der Waals surface area contributed by atoms with Crippen LogP contribution in [0.15, 0.2) is 65.5 Å². The highest BCUT2D eigenvalue weighted by molar-refractivity contribution is 5.93. The fourth-order valence-electron chi connectivity index (χ4n) is 14.6. The number of pyridine rings is 2. The van der Waals surface area contributed by atoms with E-state index in [4.69, 9.17) is 69.6 Å². The van der Waals surface area contributed by atoms with Crippen molar-refractivity contribution in [2.45, 2.75) is 270 Å². The smallest absolute Gasteiger partial charge is 0.415 e. The molecule has 3 aromatic rings. The number of hydrogen-bond donors (Lipinski definition) is 13. The summed E-state index contributed by atoms with van der Waals surface area (Å²) in [5, 5.41) is 46.7. The minimum absolute atomic E-state index is 0. The van der Waals surface area contributed by atoms with Gasteiger partial charge in [-0.1, -0.05) is 121 Å². The van der Waals surface area contributed by atoms with E-state index in [0.29, 0.717) is 87.1 Å². The first-order chi connectivity index (χ1) is 67.5. The summed E-state index contributed by atoms with van der Waals surface area (Å²) in [7, 11) is 0. The number of likely N-dealkylation sites (tertiary alicyclic amines) is 2. The van der Waals surface area contributed by atoms with Gasteiger partial charge in [-0.2, -0.15) is 0 Å². The molecule has 0 saturated carbocycles. The number of nitrogens with two attached hydrogens (primary N) is 3. The van der Waals surface area contributed by atoms with Gasteiger partial charge in [-0.15, -0.1) is 0 Å². The van der Waals surface area contributed by atoms with Crippen molar-refractivity contribution in [3.8, 4) is 17.1 Å². The molecule has 44 nitrogen and oxygen atoms in total. The molecule has 7 rings (SSSR count). The van der Waals surface area contributed by atoms with Gasteiger partial charge in [0.05, 0.1) is 87.3 Å². The molecule has 2 aromatic heterocycles. The Bertz CT molecular complexity index is 4360. The summed E-state index contributed by atoms with van der Waals surface area (Å²) in [6, 6.07) is 7.25. The standard InChI is InChI=1S/C76H106N8O27.3C4H9N.3C3H7NO.3CH4/c1-9-50-51-36-49(107-71(101)83-30-22-48(23-31-83)82-28-18-17-19-29-82)20-21-55(51)81-65-52(50)42-84-56(65)37-54-53(66(84)93)43-106-70(100)76(54,16-8)111-64(92)41-80-60(88)27-35-105-47-72(44-102-32-24-57(85)77-38-61(89)108-73(10-2,11-3)67(94)95,45-103-33-25-58(86)78-39-62(90)109-74(12-4,13-5)68(96)97)46-104-34-26-59(87)79-40-63(91)110-75(14-6,15-7)69(98)99;3*1-2-3-4-5;3*1-2-4-3-5;;;/h20-21,36-37,48H,9-19,22-35,38-47H2,1-8H3,(H,77,85)(H,78,86)(H,79,87)(H,80,88)(H,94,95)(H,96,97)(H,98,99);3*2-3H,4-5H2,1H3;3*3H,2H2,1H3,(H,4,5);3*1H4/b;3*3-2-;;;;;;/t76-;;;;;;;;;/m0........./s1. The Balaban J connectivity index is -0.00000524. The normalized spacial score (nSPS) is 14.0. The van der Waals surface area contributed by atoms with E-state index in [1.807, 2.05) is 84.9 Å². The molecule has 0 radical (unpaired) electrons. The summed E-state index contributed by atoms with van der Waals surface area (Å²) in [6.45, 7) is 25.6. The van der Waals surface area contributed by atoms with Gasteiger partial charge in [-0.3, -0.25) is 57.5 Å². The number of carbonyl (C=O) groups is 16. The summed E-state index contributed by atoms with van der Waals surface area (Å²) in [4.78, 5) is 220. The van der Waals surface area contributed by atoms with Gasteiger partial charge in [0, 0.05) is 101 Å². The number of carboxylic acid groups (broad SMARTS) is 3. The number of allylic oxidation sites excluding steroid dienone is 3. The summed E-state index contributed by atoms with van der Waals surface area (Å²) >= 11 is 0. The molecule has 16 N–H and O–H groups in total. The third-order valence-corrected chi connectivity index (χ3v) is 23.0. The number of aromatic nitrogens is 2. The zero-order valence-corrected chi connectivity index (χ0v) is 84.5. The molecule has 0 aliphatic carbocycles. The van der Waals surface area contributed by atoms with Crippen molar-refractivity contribution in [3.63, 3.8) is 0 Å². The SMILES string of the molecule is C.C.C.C/C=C\CN.C/C=C\CN.C/C=C\CN.CCNC=O.CCNC=O.CCNC=O.CCc1c2c(nc3ccc(OC(=O)N4CCC(N5CCCCC5)CC4)cc13)-c1cc3c(c(=O)n1C2)COC(=O)[C@@]3(CC)OC(=O)CNC(=O)CCOCC(COCCC(=O)NCC(=O)OC(CC)(CC)C(=O)O)(COCCC(=O)NCC(=O)OC(CC)(CC)C(=O)O)COCCC(=O)NCC(=O)OC(CC)(CC)C(=O)O. The molecular formula is C100H166N14O30. The molecule has 2 saturated heterocycles. The van der Waals surface area contributed by atoms with Crippen molar-refractivity contribution in [1.82, 2.24) is 56.6 Å². The van der Waals surface area contributed by atoms with Crippen molar-refractivity contribution in [3.05, 3.63) is 93.3 Å². The van der Waals surface area contributed by atoms with E-state index in [0.717, 1.165) is 62.1 Å². The first kappa shape index (κ1) is 136. The highest BCUT2D eigenvalue weighted by Gasteiger charge is 2.51. The molecule has 0 spiro atoms. The van der Waals surface area contributed by atoms with Crippen molar-refractivity contribution < 1.29 is 139 Å². The molecule has 44 heteroatoms. The average molecular weight is 2040 g/mol. The number of hydrogen-bond acceptors (Lipinski definition) is 32. The van der Waals surface area contributed by atoms with Crippen LogP contribution in [0.25, 0.3) is 22.3 Å². The number of carboxylic acids is 3. The van der Waals surface area contributed by atoms with Crippen molar-refractivity contribution in [2.24, 2.45) is 22.6 Å². The number of carbonyl (C=O) groups excluding carboxylic acids is 13. The van der Waals surface area contributed by atoms with E-state index in [-0.39, 0.29) is 150 Å². The Morgan fingerprint density at radius 3 is 1.20 bits per heavy atom. The molecule has 0 unspecified atom stereocenters. The predicted molar refractivity (Wildman–Crippen MR) is 542 cm³/mol. The third-order valence-electron chi connectivity index (χ3n) is 23.0. The molecule has 8 amide bonds. The molecule has 2 fully saturated rings. The van der Waals surface area contributed by atoms with Crippen LogP contribution in [-0.4, -0.2) is 299 Å². The van der Waals surface area contributed by atoms with Gasteiger partial charge in [0.25, 0.3) is 5.56 Å². The van der Waals surface area contributed by atoms with Gasteiger partial charge in [0.15, 0.2) is 0 Å². The van der Waals surface area contributed by atoms with Crippen LogP contribution in [0.2, 0.25) is 0 Å². The molecule has 4 aliphatic rings. The van der Waals surface area contributed by atoms with E-state index in [1.54, 1.807) is 36.1 Å². The fraction of sp³-hybridized carbons (Fsp3) is 0.640. The number of aryl methyl sites for hydroxylation is 1. The monoisotopic (exact) mass is 2040 g/mol. The first-order valence-electron chi connectivity index (χ1n) is 48.0. The zero-order valence-electron chi connectivity index (χ0n) is 84.5. The Hall–Kier alpha value is -12.2. The van der Waals surface area contributed by atoms with Crippen LogP contribution in [-0.2, 0) is 140 Å². The molecule has 6 heterocycles. The molecule has 816 valence electrons. The van der Waals surface area contributed by atoms with E-state index in [1.165, 1.54) is 65.4 Å². The number of fused-ring (bicyclic) bond motifs is 5. The van der Waals surface area contributed by atoms with Crippen LogP contribution >= 0.6 is 0 Å². The number of esters is 5. The molecule has 0 bridgehead atoms. The van der Waals surface area contributed by atoms with E-state index in [9.17, 15) is 96.8 Å². The molecule has 144 heavy (non-hydrogen) atoms. The van der Waals surface area contributed by atoms with Gasteiger partial charge < -0.3 is 131 Å². The quantitative estimate of drug-likeness (QED) is 0.00695. The van der Waals surface area contributed by atoms with Gasteiger partial charge >= 0.3 is 53.8 Å². The molecule has 1 aromatic carbocycles. The minimum Gasteiger partial charge on any atom is -0.478 e. The molecule has 1 atom stereocenters. The maximum atomic E-state index is 14.6. The predicted octanol–water partition coefficient (Wildman–Crippen LogP) is 7.01. The zero-order chi connectivity index (χ0) is 106. The highest BCUT2D eigenvalue weighted by atomic mass is 16.6. The topological polar surface area (TPSA) is 630 Å². The van der Waals surface area contributed by atoms with E-state index < -0.39 is 157 Å². The van der Waals surface area contributed by atoms with Crippen LogP contribution in [0.5, 0.6) is 5.75 Å². The number of cyclic esters (lactones) is 1. The maximum Gasteiger partial charge on any atom is 0.415 e. The van der Waals surface area contributed by atoms with Crippen LogP contribution < -0.4 is 64.7 Å². The number of amides is 8. The Labute approximate surface area is 847 Å². The largest absolute Gasteiger partial charge is 0.478 e. The number of rotatable bonds is 54. The van der Waals surface area contributed by atoms with Crippen LogP contribution in [0.4, 0.5) is 4.79 Å². The Morgan fingerprint density at radius 1 is 0.514 bits per heavy atom. The minimum atomic E-state index is -2.15. The molecule has 4 aliphatic heterocycles. The lowest BCUT2D eigenvalue weighted by Gasteiger charge is -2.39. The van der Waals surface area contributed by atoms with Gasteiger partial charge in [0.2, 0.25) is 65.3 Å². The fourth-order valence-corrected chi connectivity index (χ4v) is 14.6. The maximum absolute atomic E-state index is 14.6. The number of aliphatic carboxylic acids is 3. The van der Waals surface area contributed by atoms with Gasteiger partial charge in [0.1, 0.15) is 38.5 Å². The summed E-state index contributed by atoms with van der Waals surface area (Å²) in [5.74, 6) is -11.7. The molecular weight excluding hydrogens is 1880 g/mol. The average Bonchev–Trinajstić information content (AvgIpc) is 1.53. The summed E-state index contributed by atoms with van der Waals surface area (Å²) in [5.41, 5.74) is 8.74. The van der Waals surface area contributed by atoms with Crippen molar-refractivity contribution in [1.29, 1.82) is 0 Å². The Kier molecular flexibility index (Phi) is 71.3. The third kappa shape index (κ3) is 45.8. The number of piperidine rings is 2. The number of ether oxygens (including phenoxy) is 10. The summed E-state index contributed by atoms with van der Waals surface area (Å²) in [6.07, 6.45) is 17.0. The lowest BCUT2D eigenvalue weighted by molar-refractivity contribution is -0.189. The number of nitrogens with one attached hydrogen (secondary N) is 7. The lowest BCUT2D eigenvalue weighted by atomic mass is 9.85. The Morgan fingerprint density at radius 2 is 0.889 bits per heavy atom. The summed E-state index contributed by atoms with van der Waals surface area (Å²) < 4.78 is 58.7. The van der Waals surface area contributed by atoms with E-state index >= 15 is 0 Å². The van der Waals surface area contributed by atoms with Crippen LogP contribution in [0.1, 0.15) is 244 Å². The second-order valence-electron chi connectivity index (χ2n) is 32.4.